The molecule has 29 heavy (non-hydrogen) atoms. The molecule has 0 atom stereocenters. The van der Waals surface area contributed by atoms with E-state index in [2.05, 4.69) is 11.9 Å². The van der Waals surface area contributed by atoms with Crippen molar-refractivity contribution < 1.29 is 4.74 Å². The first kappa shape index (κ1) is 27.0. The Kier molecular flexibility index (Phi) is 21.0. The summed E-state index contributed by atoms with van der Waals surface area (Å²) in [6, 6.07) is 0. The van der Waals surface area contributed by atoms with Crippen LogP contribution in [0.25, 0.3) is 0 Å². The van der Waals surface area contributed by atoms with Gasteiger partial charge in [-0.3, -0.25) is 0 Å². The predicted octanol–water partition coefficient (Wildman–Crippen LogP) is 8.53. The van der Waals surface area contributed by atoms with Crippen molar-refractivity contribution in [3.8, 4) is 0 Å². The Morgan fingerprint density at radius 2 is 0.517 bits per heavy atom. The third-order valence-corrected chi connectivity index (χ3v) is 6.26. The van der Waals surface area contributed by atoms with Gasteiger partial charge in [0.05, 0.1) is 0 Å². The number of nitrogens with zero attached hydrogens (tertiary/aromatic N) is 1. The van der Waals surface area contributed by atoms with E-state index in [-0.39, 0.29) is 0 Å². The minimum absolute atomic E-state index is 1.00. The molecule has 0 bridgehead atoms. The molecule has 2 heteroatoms. The lowest BCUT2D eigenvalue weighted by molar-refractivity contribution is 0.0367. The first-order valence-electron chi connectivity index (χ1n) is 13.7. The zero-order chi connectivity index (χ0) is 20.7. The molecule has 0 spiro atoms. The van der Waals surface area contributed by atoms with Crippen LogP contribution in [0.2, 0.25) is 0 Å². The van der Waals surface area contributed by atoms with Gasteiger partial charge in [0, 0.05) is 13.2 Å². The third-order valence-electron chi connectivity index (χ3n) is 6.26. The van der Waals surface area contributed by atoms with E-state index in [4.69, 9.17) is 4.74 Å². The van der Waals surface area contributed by atoms with Crippen LogP contribution in [0.1, 0.15) is 141 Å². The smallest absolute Gasteiger partial charge is 0.0488 e. The molecule has 174 valence electrons. The summed E-state index contributed by atoms with van der Waals surface area (Å²) >= 11 is 0. The fraction of sp³-hybridized carbons (Fsp3) is 1.00. The van der Waals surface area contributed by atoms with Crippen molar-refractivity contribution in [2.75, 3.05) is 33.4 Å². The molecule has 2 heterocycles. The average molecular weight is 410 g/mol. The molecule has 0 aromatic carbocycles. The second-order valence-corrected chi connectivity index (χ2v) is 9.69. The lowest BCUT2D eigenvalue weighted by Gasteiger charge is -2.20. The molecule has 6 aliphatic rings. The quantitative estimate of drug-likeness (QED) is 0.397. The molecule has 2 saturated heterocycles. The molecule has 0 unspecified atom stereocenters. The van der Waals surface area contributed by atoms with Gasteiger partial charge in [0.25, 0.3) is 0 Å². The standard InChI is InChI=1S/C6H13N.C6H12.C5H10.C4H8.C3H6O.C3H6/c1-7-5-3-2-4-6-7;1-2-4-6-5-3-1;1-2-4-5-3-1;2*1-2-4-3-1;1-2-3-1/h2-6H2,1H3;1-6H2;1-5H2;1-4H2;1-3H2;1-3H2. The Bertz CT molecular complexity index is 245. The maximum Gasteiger partial charge on any atom is 0.0488 e. The van der Waals surface area contributed by atoms with Gasteiger partial charge in [0.15, 0.2) is 0 Å². The van der Waals surface area contributed by atoms with Crippen molar-refractivity contribution in [2.45, 2.75) is 141 Å². The summed E-state index contributed by atoms with van der Waals surface area (Å²) in [6.45, 7) is 4.64. The minimum Gasteiger partial charge on any atom is -0.381 e. The topological polar surface area (TPSA) is 12.5 Å². The van der Waals surface area contributed by atoms with Gasteiger partial charge < -0.3 is 9.64 Å². The Balaban J connectivity index is 0.000000177. The van der Waals surface area contributed by atoms with Crippen LogP contribution < -0.4 is 0 Å². The zero-order valence-corrected chi connectivity index (χ0v) is 20.2. The molecule has 0 aromatic heterocycles. The van der Waals surface area contributed by atoms with Gasteiger partial charge in [-0.05, 0) is 39.4 Å². The fourth-order valence-electron chi connectivity index (χ4n) is 3.39. The molecule has 0 amide bonds. The maximum absolute atomic E-state index is 4.72. The normalized spacial score (nSPS) is 24.3. The van der Waals surface area contributed by atoms with Crippen molar-refractivity contribution in [1.29, 1.82) is 0 Å². The van der Waals surface area contributed by atoms with Crippen molar-refractivity contribution in [3.05, 3.63) is 0 Å². The molecule has 0 N–H and O–H groups in total. The molecule has 0 aromatic rings. The fourth-order valence-corrected chi connectivity index (χ4v) is 3.39. The Morgan fingerprint density at radius 3 is 0.621 bits per heavy atom. The van der Waals surface area contributed by atoms with E-state index in [1.807, 2.05) is 0 Å². The molecular weight excluding hydrogens is 354 g/mol. The van der Waals surface area contributed by atoms with Gasteiger partial charge in [0.2, 0.25) is 0 Å². The molecule has 6 rings (SSSR count). The lowest BCUT2D eigenvalue weighted by atomic mass is 10.0. The zero-order valence-electron chi connectivity index (χ0n) is 20.2. The second kappa shape index (κ2) is 22.6. The van der Waals surface area contributed by atoms with Gasteiger partial charge in [-0.25, -0.2) is 0 Å². The highest BCUT2D eigenvalue weighted by molar-refractivity contribution is 4.58. The van der Waals surface area contributed by atoms with Crippen LogP contribution in [0.15, 0.2) is 0 Å². The Morgan fingerprint density at radius 1 is 0.345 bits per heavy atom. The predicted molar refractivity (Wildman–Crippen MR) is 130 cm³/mol. The summed E-state index contributed by atoms with van der Waals surface area (Å²) in [7, 11) is 2.19. The van der Waals surface area contributed by atoms with Crippen molar-refractivity contribution >= 4 is 0 Å². The summed E-state index contributed by atoms with van der Waals surface area (Å²) in [5, 5.41) is 0. The van der Waals surface area contributed by atoms with E-state index >= 15 is 0 Å². The van der Waals surface area contributed by atoms with E-state index in [1.54, 1.807) is 0 Å². The highest BCUT2D eigenvalue weighted by Crippen LogP contribution is 2.16. The van der Waals surface area contributed by atoms with E-state index in [0.29, 0.717) is 0 Å². The SMILES string of the molecule is C1CC1.C1CCC1.C1CCCC1.C1CCCCC1.C1COC1.CN1CCCCC1. The molecular formula is C27H55NO. The molecule has 4 saturated carbocycles. The van der Waals surface area contributed by atoms with Crippen molar-refractivity contribution in [1.82, 2.24) is 4.90 Å². The lowest BCUT2D eigenvalue weighted by Crippen LogP contribution is -2.24. The number of hydrogen-bond donors (Lipinski definition) is 0. The molecule has 0 radical (unpaired) electrons. The van der Waals surface area contributed by atoms with Crippen molar-refractivity contribution in [2.24, 2.45) is 0 Å². The molecule has 2 nitrogen and oxygen atoms in total. The van der Waals surface area contributed by atoms with Crippen LogP contribution in [0.3, 0.4) is 0 Å². The van der Waals surface area contributed by atoms with Gasteiger partial charge >= 0.3 is 0 Å². The number of likely N-dealkylation sites (tertiary alicyclic amines) is 1. The first-order valence-corrected chi connectivity index (χ1v) is 13.7. The number of hydrogen-bond acceptors (Lipinski definition) is 2. The van der Waals surface area contributed by atoms with Crippen LogP contribution in [-0.2, 0) is 4.74 Å². The van der Waals surface area contributed by atoms with Crippen LogP contribution in [0.5, 0.6) is 0 Å². The van der Waals surface area contributed by atoms with Crippen molar-refractivity contribution in [3.63, 3.8) is 0 Å². The Labute approximate surface area is 184 Å². The molecule has 2 aliphatic heterocycles. The first-order chi connectivity index (χ1) is 14.4. The third kappa shape index (κ3) is 24.1. The maximum atomic E-state index is 4.72. The molecule has 4 aliphatic carbocycles. The second-order valence-electron chi connectivity index (χ2n) is 9.69. The van der Waals surface area contributed by atoms with Gasteiger partial charge in [-0.1, -0.05) is 122 Å². The van der Waals surface area contributed by atoms with Gasteiger partial charge in [-0.2, -0.15) is 0 Å². The van der Waals surface area contributed by atoms with Crippen LogP contribution >= 0.6 is 0 Å². The van der Waals surface area contributed by atoms with E-state index in [0.717, 1.165) is 13.2 Å². The van der Waals surface area contributed by atoms with Gasteiger partial charge in [-0.15, -0.1) is 0 Å². The minimum atomic E-state index is 1.00. The summed E-state index contributed by atoms with van der Waals surface area (Å²) in [6.07, 6.45) is 32.6. The van der Waals surface area contributed by atoms with Crippen LogP contribution in [0.4, 0.5) is 0 Å². The summed E-state index contributed by atoms with van der Waals surface area (Å²) in [5.41, 5.74) is 0. The Hall–Kier alpha value is -0.0800. The number of piperidine rings is 1. The van der Waals surface area contributed by atoms with Crippen LogP contribution in [0, 0.1) is 0 Å². The molecule has 6 fully saturated rings. The van der Waals surface area contributed by atoms with E-state index in [9.17, 15) is 0 Å². The summed E-state index contributed by atoms with van der Waals surface area (Å²) < 4.78 is 4.72. The summed E-state index contributed by atoms with van der Waals surface area (Å²) in [4.78, 5) is 2.39. The average Bonchev–Trinajstić information content (AvgIpc) is 3.43. The largest absolute Gasteiger partial charge is 0.381 e. The summed E-state index contributed by atoms with van der Waals surface area (Å²) in [5.74, 6) is 0. The highest BCUT2D eigenvalue weighted by atomic mass is 16.5. The number of rotatable bonds is 0. The number of ether oxygens (including phenoxy) is 1. The van der Waals surface area contributed by atoms with E-state index in [1.165, 1.54) is 154 Å². The van der Waals surface area contributed by atoms with E-state index < -0.39 is 0 Å². The highest BCUT2D eigenvalue weighted by Gasteiger charge is 2.02. The van der Waals surface area contributed by atoms with Gasteiger partial charge in [0.1, 0.15) is 0 Å². The monoisotopic (exact) mass is 409 g/mol. The van der Waals surface area contributed by atoms with Crippen LogP contribution in [-0.4, -0.2) is 38.3 Å².